The number of nitrogens with two attached hydrogens (primary N) is 2. The van der Waals surface area contributed by atoms with Crippen LogP contribution in [0.25, 0.3) is 11.2 Å². The number of carbonyl (C=O) groups excluding carboxylic acids is 1. The van der Waals surface area contributed by atoms with Gasteiger partial charge < -0.3 is 31.2 Å². The first kappa shape index (κ1) is 18.1. The molecule has 3 aromatic rings. The third-order valence-electron chi connectivity index (χ3n) is 4.57. The number of nitrogen functional groups attached to an aromatic ring is 2. The van der Waals surface area contributed by atoms with Gasteiger partial charge in [0.1, 0.15) is 24.1 Å². The number of para-hydroxylation sites is 1. The van der Waals surface area contributed by atoms with Crippen molar-refractivity contribution >= 4 is 28.6 Å². The molecule has 0 bridgehead atoms. The number of esters is 1. The lowest BCUT2D eigenvalue weighted by Crippen LogP contribution is -2.38. The van der Waals surface area contributed by atoms with Crippen LogP contribution in [0, 0.1) is 0 Å². The smallest absolute Gasteiger partial charge is 0.340 e. The minimum Gasteiger partial charge on any atom is -0.453 e. The Hall–Kier alpha value is -3.28. The second-order valence-electron chi connectivity index (χ2n) is 6.28. The van der Waals surface area contributed by atoms with Gasteiger partial charge in [0.15, 0.2) is 23.8 Å². The highest BCUT2D eigenvalue weighted by atomic mass is 16.6. The number of aromatic nitrogens is 4. The Morgan fingerprint density at radius 2 is 2.04 bits per heavy atom. The second kappa shape index (κ2) is 7.03. The molecule has 28 heavy (non-hydrogen) atoms. The number of aliphatic hydroxyl groups is 2. The molecule has 0 spiro atoms. The van der Waals surface area contributed by atoms with Crippen molar-refractivity contribution in [1.82, 2.24) is 19.5 Å². The van der Waals surface area contributed by atoms with Crippen molar-refractivity contribution in [3.8, 4) is 0 Å². The van der Waals surface area contributed by atoms with Gasteiger partial charge in [0.25, 0.3) is 0 Å². The molecule has 4 atom stereocenters. The van der Waals surface area contributed by atoms with Gasteiger partial charge in [0.2, 0.25) is 0 Å². The van der Waals surface area contributed by atoms with E-state index in [4.69, 9.17) is 20.9 Å². The first-order valence-electron chi connectivity index (χ1n) is 8.44. The summed E-state index contributed by atoms with van der Waals surface area (Å²) in [6, 6.07) is 6.40. The number of rotatable bonds is 4. The molecule has 3 heterocycles. The van der Waals surface area contributed by atoms with Gasteiger partial charge in [-0.1, -0.05) is 12.1 Å². The summed E-state index contributed by atoms with van der Waals surface area (Å²) in [6.45, 7) is -0.473. The minimum absolute atomic E-state index is 0.156. The summed E-state index contributed by atoms with van der Waals surface area (Å²) in [5.74, 6) is -0.551. The van der Waals surface area contributed by atoms with E-state index in [-0.39, 0.29) is 17.1 Å². The summed E-state index contributed by atoms with van der Waals surface area (Å²) in [6.07, 6.45) is -1.72. The molecule has 4 rings (SSSR count). The fraction of sp³-hybridized carbons (Fsp3) is 0.294. The zero-order valence-electron chi connectivity index (χ0n) is 14.5. The van der Waals surface area contributed by atoms with E-state index in [1.165, 1.54) is 23.3 Å². The van der Waals surface area contributed by atoms with Crippen LogP contribution in [0.4, 0.5) is 11.5 Å². The van der Waals surface area contributed by atoms with Crippen LogP contribution in [0.3, 0.4) is 0 Å². The number of nitrogens with zero attached hydrogens (tertiary/aromatic N) is 4. The molecule has 2 aromatic heterocycles. The van der Waals surface area contributed by atoms with Gasteiger partial charge in [-0.25, -0.2) is 19.7 Å². The van der Waals surface area contributed by atoms with Crippen molar-refractivity contribution in [2.75, 3.05) is 18.1 Å². The van der Waals surface area contributed by atoms with Gasteiger partial charge >= 0.3 is 5.97 Å². The topological polar surface area (TPSA) is 172 Å². The Balaban J connectivity index is 1.62. The van der Waals surface area contributed by atoms with Gasteiger partial charge in [0, 0.05) is 5.69 Å². The van der Waals surface area contributed by atoms with Gasteiger partial charge in [-0.15, -0.1) is 0 Å². The van der Waals surface area contributed by atoms with Crippen molar-refractivity contribution < 1.29 is 24.5 Å². The van der Waals surface area contributed by atoms with Crippen LogP contribution in [0.5, 0.6) is 0 Å². The molecule has 0 aliphatic carbocycles. The summed E-state index contributed by atoms with van der Waals surface area (Å²) >= 11 is 0. The summed E-state index contributed by atoms with van der Waals surface area (Å²) in [4.78, 5) is 24.6. The lowest BCUT2D eigenvalue weighted by atomic mass is 10.1. The van der Waals surface area contributed by atoms with E-state index in [1.54, 1.807) is 18.2 Å². The third-order valence-corrected chi connectivity index (χ3v) is 4.57. The maximum Gasteiger partial charge on any atom is 0.340 e. The quantitative estimate of drug-likeness (QED) is 0.337. The van der Waals surface area contributed by atoms with Crippen LogP contribution in [0.2, 0.25) is 0 Å². The van der Waals surface area contributed by atoms with Gasteiger partial charge in [-0.2, -0.15) is 0 Å². The Labute approximate surface area is 158 Å². The minimum atomic E-state index is -1.29. The number of hydrogen-bond donors (Lipinski definition) is 4. The number of anilines is 2. The average molecular weight is 386 g/mol. The first-order valence-corrected chi connectivity index (χ1v) is 8.44. The standard InChI is InChI=1S/C17H18N6O5/c18-9-4-2-1-3-8(9)17(26)28-13-10(5-24)27-16(12(13)25)23-7-22-11-14(19)20-6-21-15(11)23/h1-4,6-7,10,12-13,16,24-25H,5,18H2,(H2,19,20,21)/t10-,12-,13-,16-/m1/s1. The summed E-state index contributed by atoms with van der Waals surface area (Å²) < 4.78 is 12.6. The molecular weight excluding hydrogens is 368 g/mol. The number of fused-ring (bicyclic) bond motifs is 1. The van der Waals surface area contributed by atoms with Crippen molar-refractivity contribution in [3.05, 3.63) is 42.5 Å². The van der Waals surface area contributed by atoms with Crippen LogP contribution in [-0.4, -0.2) is 60.6 Å². The number of imidazole rings is 1. The molecule has 6 N–H and O–H groups in total. The lowest BCUT2D eigenvalue weighted by molar-refractivity contribution is -0.0529. The van der Waals surface area contributed by atoms with Crippen LogP contribution >= 0.6 is 0 Å². The Bertz CT molecular complexity index is 1020. The highest BCUT2D eigenvalue weighted by Gasteiger charge is 2.47. The van der Waals surface area contributed by atoms with E-state index >= 15 is 0 Å². The monoisotopic (exact) mass is 386 g/mol. The number of hydrogen-bond acceptors (Lipinski definition) is 10. The number of ether oxygens (including phenoxy) is 2. The molecule has 0 amide bonds. The molecule has 0 saturated carbocycles. The maximum absolute atomic E-state index is 12.5. The van der Waals surface area contributed by atoms with E-state index in [1.807, 2.05) is 0 Å². The van der Waals surface area contributed by atoms with Gasteiger partial charge in [-0.05, 0) is 12.1 Å². The van der Waals surface area contributed by atoms with Crippen molar-refractivity contribution in [1.29, 1.82) is 0 Å². The fourth-order valence-electron chi connectivity index (χ4n) is 3.17. The zero-order chi connectivity index (χ0) is 19.8. The van der Waals surface area contributed by atoms with Gasteiger partial charge in [-0.3, -0.25) is 4.57 Å². The molecule has 1 saturated heterocycles. The zero-order valence-corrected chi connectivity index (χ0v) is 14.5. The van der Waals surface area contributed by atoms with Crippen molar-refractivity contribution in [3.63, 3.8) is 0 Å². The lowest BCUT2D eigenvalue weighted by Gasteiger charge is -2.20. The predicted molar refractivity (Wildman–Crippen MR) is 96.8 cm³/mol. The molecule has 11 nitrogen and oxygen atoms in total. The summed E-state index contributed by atoms with van der Waals surface area (Å²) in [5.41, 5.74) is 12.7. The largest absolute Gasteiger partial charge is 0.453 e. The fourth-order valence-corrected chi connectivity index (χ4v) is 3.17. The molecule has 11 heteroatoms. The third kappa shape index (κ3) is 2.91. The van der Waals surface area contributed by atoms with Crippen LogP contribution in [-0.2, 0) is 9.47 Å². The van der Waals surface area contributed by atoms with Crippen molar-refractivity contribution in [2.24, 2.45) is 0 Å². The Morgan fingerprint density at radius 3 is 2.79 bits per heavy atom. The Kier molecular flexibility index (Phi) is 4.55. The van der Waals surface area contributed by atoms with E-state index in [2.05, 4.69) is 15.0 Å². The molecule has 0 unspecified atom stereocenters. The molecule has 1 aliphatic rings. The van der Waals surface area contributed by atoms with Gasteiger partial charge in [0.05, 0.1) is 18.5 Å². The van der Waals surface area contributed by atoms with E-state index in [0.29, 0.717) is 11.2 Å². The second-order valence-corrected chi connectivity index (χ2v) is 6.28. The first-order chi connectivity index (χ1) is 13.5. The highest BCUT2D eigenvalue weighted by molar-refractivity contribution is 5.95. The molecule has 1 aliphatic heterocycles. The SMILES string of the molecule is Nc1ccccc1C(=O)O[C@H]1[C@@H](O)[C@H](n2cnc3c(N)ncnc32)O[C@@H]1CO. The average Bonchev–Trinajstić information content (AvgIpc) is 3.24. The molecular formula is C17H18N6O5. The Morgan fingerprint density at radius 1 is 1.25 bits per heavy atom. The predicted octanol–water partition coefficient (Wildman–Crippen LogP) is -0.533. The summed E-state index contributed by atoms with van der Waals surface area (Å²) in [7, 11) is 0. The normalized spacial score (nSPS) is 24.5. The molecule has 1 aromatic carbocycles. The van der Waals surface area contributed by atoms with E-state index in [0.717, 1.165) is 0 Å². The van der Waals surface area contributed by atoms with Crippen molar-refractivity contribution in [2.45, 2.75) is 24.5 Å². The summed E-state index contributed by atoms with van der Waals surface area (Å²) in [5, 5.41) is 20.4. The molecule has 146 valence electrons. The van der Waals surface area contributed by atoms with Crippen LogP contribution in [0.1, 0.15) is 16.6 Å². The highest BCUT2D eigenvalue weighted by Crippen LogP contribution is 2.34. The molecule has 1 fully saturated rings. The van der Waals surface area contributed by atoms with Crippen LogP contribution < -0.4 is 11.5 Å². The van der Waals surface area contributed by atoms with Crippen LogP contribution in [0.15, 0.2) is 36.9 Å². The van der Waals surface area contributed by atoms with E-state index in [9.17, 15) is 15.0 Å². The number of benzene rings is 1. The number of carbonyl (C=O) groups is 1. The molecule has 0 radical (unpaired) electrons. The van der Waals surface area contributed by atoms with E-state index < -0.39 is 37.1 Å². The maximum atomic E-state index is 12.5. The number of aliphatic hydroxyl groups excluding tert-OH is 2.